The zero-order valence-electron chi connectivity index (χ0n) is 19.2. The molecule has 3 saturated heterocycles. The van der Waals surface area contributed by atoms with Crippen molar-refractivity contribution in [1.29, 1.82) is 0 Å². The van der Waals surface area contributed by atoms with Crippen LogP contribution in [0, 0.1) is 0 Å². The summed E-state index contributed by atoms with van der Waals surface area (Å²) in [5, 5.41) is 0.515. The quantitative estimate of drug-likeness (QED) is 0.349. The number of hydrogen-bond acceptors (Lipinski definition) is 12. The molecule has 3 aliphatic heterocycles. The van der Waals surface area contributed by atoms with Crippen molar-refractivity contribution < 1.29 is 37.1 Å². The Kier molecular flexibility index (Phi) is 5.78. The Bertz CT molecular complexity index is 1500. The molecule has 3 aromatic rings. The first-order valence-corrected chi connectivity index (χ1v) is 13.1. The van der Waals surface area contributed by atoms with E-state index in [1.54, 1.807) is 31.2 Å². The molecule has 37 heavy (non-hydrogen) atoms. The highest BCUT2D eigenvalue weighted by Crippen LogP contribution is 2.58. The van der Waals surface area contributed by atoms with Gasteiger partial charge in [-0.15, -0.1) is 0 Å². The molecule has 196 valence electrons. The van der Waals surface area contributed by atoms with Gasteiger partial charge in [0.1, 0.15) is 6.10 Å². The molecule has 3 N–H and O–H groups in total. The number of carbonyl (C=O) groups excluding carboxylic acids is 1. The first-order valence-electron chi connectivity index (χ1n) is 11.3. The summed E-state index contributed by atoms with van der Waals surface area (Å²) in [6.07, 6.45) is -2.63. The normalized spacial score (nSPS) is 33.3. The van der Waals surface area contributed by atoms with Crippen LogP contribution >= 0.6 is 19.4 Å². The minimum Gasteiger partial charge on any atom is -0.424 e. The maximum atomic E-state index is 13.3. The van der Waals surface area contributed by atoms with Gasteiger partial charge in [-0.2, -0.15) is 4.98 Å². The average Bonchev–Trinajstić information content (AvgIpc) is 3.47. The fraction of sp³-hybridized carbons (Fsp3) is 0.429. The summed E-state index contributed by atoms with van der Waals surface area (Å²) in [5.41, 5.74) is 4.67. The van der Waals surface area contributed by atoms with Crippen LogP contribution in [0.4, 0.5) is 10.7 Å². The zero-order chi connectivity index (χ0) is 25.9. The first-order chi connectivity index (χ1) is 17.6. The number of nitrogens with zero attached hydrogens (tertiary/aromatic N) is 3. The summed E-state index contributed by atoms with van der Waals surface area (Å²) in [7, 11) is -4.01. The van der Waals surface area contributed by atoms with E-state index in [-0.39, 0.29) is 30.3 Å². The second kappa shape index (κ2) is 8.79. The number of nitrogens with two attached hydrogens (primary N) is 1. The van der Waals surface area contributed by atoms with E-state index in [0.717, 1.165) is 5.56 Å². The lowest BCUT2D eigenvalue weighted by molar-refractivity contribution is -0.0925. The van der Waals surface area contributed by atoms with Crippen LogP contribution in [0.2, 0.25) is 5.02 Å². The smallest absolute Gasteiger partial charge is 0.424 e. The maximum absolute atomic E-state index is 13.3. The van der Waals surface area contributed by atoms with Crippen molar-refractivity contribution >= 4 is 42.7 Å². The monoisotopic (exact) mass is 553 g/mol. The number of halogens is 1. The summed E-state index contributed by atoms with van der Waals surface area (Å²) in [5.74, 6) is -0.127. The number of hydrogen-bond donors (Lipinski definition) is 2. The van der Waals surface area contributed by atoms with E-state index in [9.17, 15) is 14.2 Å². The number of aromatic nitrogens is 4. The number of rotatable bonds is 5. The van der Waals surface area contributed by atoms with E-state index in [1.807, 2.05) is 0 Å². The first kappa shape index (κ1) is 24.3. The Morgan fingerprint density at radius 3 is 3.03 bits per heavy atom. The molecule has 5 heterocycles. The average molecular weight is 554 g/mol. The molecule has 2 aromatic heterocycles. The van der Waals surface area contributed by atoms with E-state index in [0.29, 0.717) is 11.4 Å². The Hall–Kier alpha value is -3.00. The number of phosphoric acid groups is 1. The molecule has 0 spiro atoms. The minimum absolute atomic E-state index is 0.0170. The van der Waals surface area contributed by atoms with Crippen molar-refractivity contribution in [3.63, 3.8) is 0 Å². The van der Waals surface area contributed by atoms with Gasteiger partial charge in [-0.05, 0) is 24.6 Å². The van der Waals surface area contributed by atoms with Crippen LogP contribution in [0.1, 0.15) is 31.2 Å². The Labute approximate surface area is 213 Å². The summed E-state index contributed by atoms with van der Waals surface area (Å²) in [6.45, 7) is 1.40. The highest BCUT2D eigenvalue weighted by molar-refractivity contribution is 7.48. The summed E-state index contributed by atoms with van der Waals surface area (Å²) in [6, 6.07) is 7.01. The number of phosphoric ester groups is 1. The van der Waals surface area contributed by atoms with E-state index >= 15 is 0 Å². The largest absolute Gasteiger partial charge is 0.509 e. The Morgan fingerprint density at radius 2 is 2.22 bits per heavy atom. The number of aromatic amines is 1. The molecule has 0 aliphatic carbocycles. The number of fused-ring (bicyclic) bond motifs is 2. The van der Waals surface area contributed by atoms with Gasteiger partial charge in [-0.25, -0.2) is 14.3 Å². The van der Waals surface area contributed by atoms with Crippen LogP contribution < -0.4 is 11.3 Å². The molecular weight excluding hydrogens is 533 g/mol. The van der Waals surface area contributed by atoms with Gasteiger partial charge in [-0.3, -0.25) is 27.9 Å². The van der Waals surface area contributed by atoms with Gasteiger partial charge in [0.15, 0.2) is 29.1 Å². The van der Waals surface area contributed by atoms with E-state index in [1.165, 1.54) is 10.9 Å². The predicted molar refractivity (Wildman–Crippen MR) is 126 cm³/mol. The molecule has 6 atom stereocenters. The van der Waals surface area contributed by atoms with Crippen molar-refractivity contribution in [1.82, 2.24) is 19.5 Å². The second-order valence-electron chi connectivity index (χ2n) is 8.89. The molecule has 0 unspecified atom stereocenters. The number of benzene rings is 1. The lowest BCUT2D eigenvalue weighted by atomic mass is 9.96. The highest BCUT2D eigenvalue weighted by Gasteiger charge is 2.64. The summed E-state index contributed by atoms with van der Waals surface area (Å²) < 4.78 is 48.3. The molecule has 0 radical (unpaired) electrons. The lowest BCUT2D eigenvalue weighted by Gasteiger charge is -2.30. The molecule has 3 fully saturated rings. The Morgan fingerprint density at radius 1 is 1.38 bits per heavy atom. The van der Waals surface area contributed by atoms with Gasteiger partial charge in [0.2, 0.25) is 5.95 Å². The molecule has 14 nitrogen and oxygen atoms in total. The van der Waals surface area contributed by atoms with Crippen molar-refractivity contribution in [2.75, 3.05) is 18.9 Å². The van der Waals surface area contributed by atoms with Crippen LogP contribution in [0.5, 0.6) is 0 Å². The third-order valence-corrected chi connectivity index (χ3v) is 8.14. The van der Waals surface area contributed by atoms with Gasteiger partial charge in [0.05, 0.1) is 25.6 Å². The number of ether oxygens (including phenoxy) is 3. The van der Waals surface area contributed by atoms with Gasteiger partial charge < -0.3 is 19.9 Å². The van der Waals surface area contributed by atoms with Crippen molar-refractivity contribution in [3.8, 4) is 0 Å². The lowest BCUT2D eigenvalue weighted by Crippen LogP contribution is -2.42. The molecule has 6 rings (SSSR count). The number of nitrogens with one attached hydrogen (secondary N) is 1. The van der Waals surface area contributed by atoms with Crippen molar-refractivity contribution in [2.24, 2.45) is 0 Å². The number of anilines is 1. The van der Waals surface area contributed by atoms with Crippen LogP contribution in [0.25, 0.3) is 11.2 Å². The fourth-order valence-corrected chi connectivity index (χ4v) is 6.34. The van der Waals surface area contributed by atoms with Gasteiger partial charge in [-0.1, -0.05) is 23.7 Å². The van der Waals surface area contributed by atoms with Crippen LogP contribution in [0.3, 0.4) is 0 Å². The third kappa shape index (κ3) is 4.19. The number of H-pyrrole nitrogens is 1. The molecule has 0 bridgehead atoms. The number of imidazole rings is 1. The summed E-state index contributed by atoms with van der Waals surface area (Å²) in [4.78, 5) is 34.9. The van der Waals surface area contributed by atoms with Gasteiger partial charge in [0, 0.05) is 11.4 Å². The number of nitrogen functional groups attached to an aromatic ring is 1. The van der Waals surface area contributed by atoms with Gasteiger partial charge in [0.25, 0.3) is 5.56 Å². The highest BCUT2D eigenvalue weighted by atomic mass is 35.5. The van der Waals surface area contributed by atoms with E-state index in [2.05, 4.69) is 15.0 Å². The molecule has 3 aliphatic rings. The van der Waals surface area contributed by atoms with E-state index < -0.39 is 49.7 Å². The molecule has 1 aromatic carbocycles. The third-order valence-electron chi connectivity index (χ3n) is 6.43. The molecule has 0 amide bonds. The van der Waals surface area contributed by atoms with Crippen LogP contribution in [-0.4, -0.2) is 56.7 Å². The van der Waals surface area contributed by atoms with Gasteiger partial charge >= 0.3 is 14.0 Å². The number of carbonyl (C=O) groups is 1. The fourth-order valence-electron chi connectivity index (χ4n) is 4.75. The zero-order valence-corrected chi connectivity index (χ0v) is 20.9. The minimum atomic E-state index is -4.01. The Balaban J connectivity index is 1.24. The van der Waals surface area contributed by atoms with Crippen LogP contribution in [0.15, 0.2) is 35.4 Å². The summed E-state index contributed by atoms with van der Waals surface area (Å²) >= 11 is 6.07. The standard InChI is InChI=1S/C21H21ClN5O9P/c1-21-15(34-20(29)35-21)13(33-18(21)27-9-24-14-16(27)25-19(23)26-17(14)28)8-32-37(30)31-6-5-12(36-37)10-3-2-4-11(22)7-10/h2-4,7,9,12-13,15,18H,5-6,8H2,1H3,(H3,23,25,26,28)/t12-,13+,15+,18+,21+,37+/m0/s1. The SMILES string of the molecule is C[C@@]12OC(=O)O[C@@H]1[C@@H](CO[P@@]1(=O)OCC[C@@H](c3cccc(Cl)c3)O1)O[C@H]2n1cnc2c(=O)[nH]c(N)nc21. The molecule has 0 saturated carbocycles. The van der Waals surface area contributed by atoms with Crippen molar-refractivity contribution in [2.45, 2.75) is 43.5 Å². The van der Waals surface area contributed by atoms with Crippen molar-refractivity contribution in [3.05, 3.63) is 51.5 Å². The second-order valence-corrected chi connectivity index (χ2v) is 10.9. The molecule has 16 heteroatoms. The predicted octanol–water partition coefficient (Wildman–Crippen LogP) is 2.85. The molecular formula is C21H21ClN5O9P. The van der Waals surface area contributed by atoms with E-state index in [4.69, 9.17) is 45.1 Å². The maximum Gasteiger partial charge on any atom is 0.509 e. The van der Waals surface area contributed by atoms with Crippen LogP contribution in [-0.2, 0) is 32.3 Å². The topological polar surface area (TPSA) is 179 Å².